The van der Waals surface area contributed by atoms with Crippen LogP contribution in [0.1, 0.15) is 46.7 Å². The summed E-state index contributed by atoms with van der Waals surface area (Å²) in [6, 6.07) is 15.0. The van der Waals surface area contributed by atoms with E-state index < -0.39 is 0 Å². The largest absolute Gasteiger partial charge is 0.454 e. The summed E-state index contributed by atoms with van der Waals surface area (Å²) in [5.74, 6) is 1.65. The molecule has 3 aromatic rings. The minimum Gasteiger partial charge on any atom is -0.454 e. The van der Waals surface area contributed by atoms with Gasteiger partial charge in [-0.1, -0.05) is 42.5 Å². The van der Waals surface area contributed by atoms with Gasteiger partial charge in [0.1, 0.15) is 5.01 Å². The van der Waals surface area contributed by atoms with Crippen molar-refractivity contribution in [2.24, 2.45) is 0 Å². The lowest BCUT2D eigenvalue weighted by atomic mass is 10.1. The lowest BCUT2D eigenvalue weighted by molar-refractivity contribution is 0.174. The Morgan fingerprint density at radius 3 is 2.52 bits per heavy atom. The minimum atomic E-state index is 0.300. The van der Waals surface area contributed by atoms with Gasteiger partial charge in [0.15, 0.2) is 11.5 Å². The van der Waals surface area contributed by atoms with Gasteiger partial charge in [-0.05, 0) is 49.4 Å². The highest BCUT2D eigenvalue weighted by molar-refractivity contribution is 7.09. The summed E-state index contributed by atoms with van der Waals surface area (Å²) in [5, 5.41) is 3.28. The number of rotatable bonds is 8. The number of benzene rings is 2. The van der Waals surface area contributed by atoms with Crippen LogP contribution in [0.5, 0.6) is 11.5 Å². The van der Waals surface area contributed by atoms with Crippen molar-refractivity contribution < 1.29 is 9.47 Å². The fourth-order valence-electron chi connectivity index (χ4n) is 4.45. The maximum absolute atomic E-state index is 5.59. The van der Waals surface area contributed by atoms with E-state index in [0.29, 0.717) is 6.79 Å². The molecule has 2 aliphatic rings. The minimum absolute atomic E-state index is 0.300. The van der Waals surface area contributed by atoms with Crippen LogP contribution in [0, 0.1) is 6.92 Å². The van der Waals surface area contributed by atoms with Gasteiger partial charge in [-0.2, -0.15) is 0 Å². The van der Waals surface area contributed by atoms with Crippen LogP contribution < -0.4 is 9.47 Å². The van der Waals surface area contributed by atoms with E-state index in [-0.39, 0.29) is 0 Å². The quantitative estimate of drug-likeness (QED) is 0.421. The Balaban J connectivity index is 1.32. The molecule has 0 bridgehead atoms. The van der Waals surface area contributed by atoms with Gasteiger partial charge >= 0.3 is 0 Å². The molecule has 2 aromatic carbocycles. The zero-order chi connectivity index (χ0) is 22.6. The smallest absolute Gasteiger partial charge is 0.231 e. The Labute approximate surface area is 200 Å². The Kier molecular flexibility index (Phi) is 6.65. The predicted octanol–water partition coefficient (Wildman–Crippen LogP) is 5.84. The maximum Gasteiger partial charge on any atom is 0.231 e. The molecule has 1 saturated heterocycles. The summed E-state index contributed by atoms with van der Waals surface area (Å²) in [6.45, 7) is 11.4. The van der Waals surface area contributed by atoms with Gasteiger partial charge in [0, 0.05) is 31.6 Å². The third kappa shape index (κ3) is 5.40. The molecule has 0 atom stereocenters. The fraction of sp³-hybridized carbons (Fsp3) is 0.370. The molecule has 2 aliphatic heterocycles. The number of nitrogens with zero attached hydrogens (tertiary/aromatic N) is 3. The van der Waals surface area contributed by atoms with Crippen LogP contribution in [0.25, 0.3) is 5.70 Å². The summed E-state index contributed by atoms with van der Waals surface area (Å²) in [7, 11) is 0. The van der Waals surface area contributed by atoms with Crippen molar-refractivity contribution in [1.29, 1.82) is 0 Å². The number of aryl methyl sites for hydroxylation is 1. The van der Waals surface area contributed by atoms with Gasteiger partial charge in [-0.25, -0.2) is 4.98 Å². The number of hydrogen-bond donors (Lipinski definition) is 0. The third-order valence-corrected chi connectivity index (χ3v) is 7.15. The topological polar surface area (TPSA) is 37.8 Å². The van der Waals surface area contributed by atoms with Gasteiger partial charge in [0.2, 0.25) is 6.79 Å². The van der Waals surface area contributed by atoms with E-state index in [1.165, 1.54) is 36.0 Å². The first kappa shape index (κ1) is 22.0. The highest BCUT2D eigenvalue weighted by atomic mass is 32.1. The summed E-state index contributed by atoms with van der Waals surface area (Å²) in [6.07, 6.45) is 3.81. The van der Waals surface area contributed by atoms with Crippen molar-refractivity contribution in [2.45, 2.75) is 45.8 Å². The Hall–Kier alpha value is -2.83. The average molecular weight is 462 g/mol. The van der Waals surface area contributed by atoms with Crippen LogP contribution in [0.15, 0.2) is 54.4 Å². The summed E-state index contributed by atoms with van der Waals surface area (Å²) >= 11 is 1.73. The summed E-state index contributed by atoms with van der Waals surface area (Å²) in [4.78, 5) is 9.80. The molecule has 172 valence electrons. The standard InChI is InChI=1S/C27H31N3O2S/c1-20-6-8-22(9-7-20)15-29(16-23-10-11-25-26(14-23)32-19-31-25)17-27-28-24(18-33-27)21(2)30-12-4-3-5-13-30/h6-11,14,18H,2-5,12-13,15-17,19H2,1H3. The van der Waals surface area contributed by atoms with Gasteiger partial charge in [-0.3, -0.25) is 4.90 Å². The molecule has 0 saturated carbocycles. The van der Waals surface area contributed by atoms with Crippen LogP contribution in [0.4, 0.5) is 0 Å². The van der Waals surface area contributed by atoms with Crippen LogP contribution in [0.2, 0.25) is 0 Å². The van der Waals surface area contributed by atoms with Crippen LogP contribution in [-0.2, 0) is 19.6 Å². The van der Waals surface area contributed by atoms with Gasteiger partial charge in [0.25, 0.3) is 0 Å². The average Bonchev–Trinajstić information content (AvgIpc) is 3.50. The number of piperidine rings is 1. The van der Waals surface area contributed by atoms with E-state index in [1.54, 1.807) is 11.3 Å². The van der Waals surface area contributed by atoms with Crippen LogP contribution >= 0.6 is 11.3 Å². The number of hydrogen-bond acceptors (Lipinski definition) is 6. The molecular weight excluding hydrogens is 430 g/mol. The highest BCUT2D eigenvalue weighted by Crippen LogP contribution is 2.33. The molecular formula is C27H31N3O2S. The van der Waals surface area contributed by atoms with Crippen molar-refractivity contribution in [2.75, 3.05) is 19.9 Å². The first-order chi connectivity index (χ1) is 16.1. The highest BCUT2D eigenvalue weighted by Gasteiger charge is 2.18. The van der Waals surface area contributed by atoms with Crippen molar-refractivity contribution in [3.05, 3.63) is 81.8 Å². The number of ether oxygens (including phenoxy) is 2. The van der Waals surface area contributed by atoms with Crippen molar-refractivity contribution in [1.82, 2.24) is 14.8 Å². The van der Waals surface area contributed by atoms with Crippen molar-refractivity contribution in [3.63, 3.8) is 0 Å². The molecule has 33 heavy (non-hydrogen) atoms. The van der Waals surface area contributed by atoms with Crippen molar-refractivity contribution in [3.8, 4) is 11.5 Å². The second kappa shape index (κ2) is 9.98. The van der Waals surface area contributed by atoms with Crippen LogP contribution in [0.3, 0.4) is 0 Å². The zero-order valence-corrected chi connectivity index (χ0v) is 20.1. The second-order valence-electron chi connectivity index (χ2n) is 8.94. The second-order valence-corrected chi connectivity index (χ2v) is 9.88. The van der Waals surface area contributed by atoms with Gasteiger partial charge < -0.3 is 14.4 Å². The van der Waals surface area contributed by atoms with Gasteiger partial charge in [0.05, 0.1) is 17.9 Å². The lowest BCUT2D eigenvalue weighted by Gasteiger charge is -2.29. The van der Waals surface area contributed by atoms with E-state index in [9.17, 15) is 0 Å². The fourth-order valence-corrected chi connectivity index (χ4v) is 5.29. The molecule has 0 spiro atoms. The molecule has 0 amide bonds. The molecule has 1 aromatic heterocycles. The summed E-state index contributed by atoms with van der Waals surface area (Å²) < 4.78 is 11.1. The van der Waals surface area contributed by atoms with E-state index in [2.05, 4.69) is 65.1 Å². The molecule has 0 radical (unpaired) electrons. The Bertz CT molecular complexity index is 1100. The van der Waals surface area contributed by atoms with E-state index in [0.717, 1.165) is 60.6 Å². The first-order valence-corrected chi connectivity index (χ1v) is 12.6. The molecule has 5 rings (SSSR count). The monoisotopic (exact) mass is 461 g/mol. The molecule has 0 unspecified atom stereocenters. The Morgan fingerprint density at radius 2 is 1.70 bits per heavy atom. The number of aromatic nitrogens is 1. The third-order valence-electron chi connectivity index (χ3n) is 6.31. The molecule has 5 nitrogen and oxygen atoms in total. The van der Waals surface area contributed by atoms with E-state index >= 15 is 0 Å². The molecule has 3 heterocycles. The first-order valence-electron chi connectivity index (χ1n) is 11.7. The lowest BCUT2D eigenvalue weighted by Crippen LogP contribution is -2.28. The number of thiazole rings is 1. The van der Waals surface area contributed by atoms with E-state index in [1.807, 2.05) is 6.07 Å². The van der Waals surface area contributed by atoms with Crippen molar-refractivity contribution >= 4 is 17.0 Å². The number of likely N-dealkylation sites (tertiary alicyclic amines) is 1. The summed E-state index contributed by atoms with van der Waals surface area (Å²) in [5.41, 5.74) is 5.88. The van der Waals surface area contributed by atoms with Gasteiger partial charge in [-0.15, -0.1) is 11.3 Å². The molecule has 6 heteroatoms. The maximum atomic E-state index is 5.59. The molecule has 0 aliphatic carbocycles. The molecule has 0 N–H and O–H groups in total. The Morgan fingerprint density at radius 1 is 0.970 bits per heavy atom. The predicted molar refractivity (Wildman–Crippen MR) is 133 cm³/mol. The van der Waals surface area contributed by atoms with Crippen LogP contribution in [-0.4, -0.2) is 34.7 Å². The SMILES string of the molecule is C=C(c1csc(CN(Cc2ccc(C)cc2)Cc2ccc3c(c2)OCO3)n1)N1CCCCC1. The molecule has 1 fully saturated rings. The number of fused-ring (bicyclic) bond motifs is 1. The normalized spacial score (nSPS) is 15.3. The van der Waals surface area contributed by atoms with E-state index in [4.69, 9.17) is 14.5 Å². The zero-order valence-electron chi connectivity index (χ0n) is 19.3.